The zero-order valence-corrected chi connectivity index (χ0v) is 19.0. The Hall–Kier alpha value is -4.72. The minimum absolute atomic E-state index is 0.0852. The van der Waals surface area contributed by atoms with Crippen LogP contribution in [0.25, 0.3) is 17.0 Å². The van der Waals surface area contributed by atoms with Crippen LogP contribution in [0.1, 0.15) is 21.5 Å². The van der Waals surface area contributed by atoms with Gasteiger partial charge < -0.3 is 20.7 Å². The maximum Gasteiger partial charge on any atom is 0.322 e. The van der Waals surface area contributed by atoms with Gasteiger partial charge in [-0.25, -0.2) is 0 Å². The average molecular weight is 471 g/mol. The van der Waals surface area contributed by atoms with Crippen molar-refractivity contribution in [2.75, 3.05) is 13.1 Å². The van der Waals surface area contributed by atoms with Gasteiger partial charge in [0.25, 0.3) is 5.91 Å². The molecule has 0 aliphatic heterocycles. The molecule has 4 aromatic rings. The van der Waals surface area contributed by atoms with Crippen LogP contribution in [-0.2, 0) is 16.0 Å². The molecule has 0 saturated heterocycles. The fourth-order valence-electron chi connectivity index (χ4n) is 3.21. The van der Waals surface area contributed by atoms with Crippen molar-refractivity contribution in [1.82, 2.24) is 20.6 Å². The second-order valence-corrected chi connectivity index (χ2v) is 7.46. The Morgan fingerprint density at radius 3 is 2.46 bits per heavy atom. The topological polar surface area (TPSA) is 124 Å². The maximum atomic E-state index is 11.9. The molecule has 2 aromatic carbocycles. The van der Waals surface area contributed by atoms with Crippen molar-refractivity contribution in [3.8, 4) is 0 Å². The van der Waals surface area contributed by atoms with Gasteiger partial charge in [-0.2, -0.15) is 0 Å². The molecule has 0 atom stereocenters. The molecule has 0 unspecified atom stereocenters. The summed E-state index contributed by atoms with van der Waals surface area (Å²) in [6.45, 7) is 0.244. The summed E-state index contributed by atoms with van der Waals surface area (Å²) in [6, 6.07) is 21.0. The first-order valence-corrected chi connectivity index (χ1v) is 11.0. The average Bonchev–Trinajstić information content (AvgIpc) is 3.31. The fourth-order valence-corrected chi connectivity index (χ4v) is 3.21. The summed E-state index contributed by atoms with van der Waals surface area (Å²) in [6.07, 6.45) is 8.95. The first-order valence-electron chi connectivity index (χ1n) is 11.0. The molecule has 2 heterocycles. The summed E-state index contributed by atoms with van der Waals surface area (Å²) in [7, 11) is 0. The molecule has 0 spiro atoms. The third kappa shape index (κ3) is 8.29. The molecule has 0 aliphatic rings. The number of amides is 2. The first kappa shape index (κ1) is 24.9. The SMILES string of the molecule is O=C(NCCc1c[nH]c2ccccc12)c1cccnc1.O=C(O)CNC(=O)/C=C/c1ccccc1. The van der Waals surface area contributed by atoms with E-state index < -0.39 is 11.9 Å². The van der Waals surface area contributed by atoms with Crippen LogP contribution >= 0.6 is 0 Å². The minimum Gasteiger partial charge on any atom is -0.480 e. The largest absolute Gasteiger partial charge is 0.480 e. The molecule has 0 fully saturated rings. The van der Waals surface area contributed by atoms with E-state index in [4.69, 9.17) is 5.11 Å². The molecule has 8 nitrogen and oxygen atoms in total. The lowest BCUT2D eigenvalue weighted by Gasteiger charge is -2.04. The van der Waals surface area contributed by atoms with Crippen molar-refractivity contribution in [3.05, 3.63) is 108 Å². The molecule has 178 valence electrons. The number of pyridine rings is 1. The predicted molar refractivity (Wildman–Crippen MR) is 135 cm³/mol. The normalized spacial score (nSPS) is 10.4. The van der Waals surface area contributed by atoms with E-state index >= 15 is 0 Å². The van der Waals surface area contributed by atoms with Gasteiger partial charge in [0.1, 0.15) is 6.54 Å². The molecular formula is C27H26N4O4. The van der Waals surface area contributed by atoms with E-state index in [1.54, 1.807) is 30.6 Å². The number of carbonyl (C=O) groups excluding carboxylic acids is 2. The van der Waals surface area contributed by atoms with Crippen LogP contribution in [0.4, 0.5) is 0 Å². The standard InChI is InChI=1S/C16H15N3O.C11H11NO3/c20-16(13-4-3-8-17-10-13)18-9-7-12-11-19-15-6-2-1-5-14(12)15;13-10(12-8-11(14)15)7-6-9-4-2-1-3-5-9/h1-6,8,10-11,19H,7,9H2,(H,18,20);1-7H,8H2,(H,12,13)(H,14,15)/b;7-6+. The molecule has 0 radical (unpaired) electrons. The van der Waals surface area contributed by atoms with E-state index in [2.05, 4.69) is 26.7 Å². The maximum absolute atomic E-state index is 11.9. The monoisotopic (exact) mass is 470 g/mol. The summed E-state index contributed by atoms with van der Waals surface area (Å²) in [5, 5.41) is 14.7. The molecule has 2 aromatic heterocycles. The fraction of sp³-hybridized carbons (Fsp3) is 0.111. The second kappa shape index (κ2) is 13.1. The quantitative estimate of drug-likeness (QED) is 0.294. The molecule has 35 heavy (non-hydrogen) atoms. The van der Waals surface area contributed by atoms with Gasteiger partial charge in [0.2, 0.25) is 5.91 Å². The van der Waals surface area contributed by atoms with Crippen molar-refractivity contribution >= 4 is 34.8 Å². The van der Waals surface area contributed by atoms with Gasteiger partial charge in [-0.1, -0.05) is 48.5 Å². The Balaban J connectivity index is 0.000000205. The summed E-state index contributed by atoms with van der Waals surface area (Å²) in [4.78, 5) is 40.3. The van der Waals surface area contributed by atoms with Crippen LogP contribution in [-0.4, -0.2) is 45.9 Å². The molecule has 2 amide bonds. The molecule has 4 rings (SSSR count). The lowest BCUT2D eigenvalue weighted by molar-refractivity contribution is -0.137. The number of rotatable bonds is 8. The van der Waals surface area contributed by atoms with Crippen LogP contribution in [0.2, 0.25) is 0 Å². The molecule has 0 aliphatic carbocycles. The number of benzene rings is 2. The molecular weight excluding hydrogens is 444 g/mol. The molecule has 4 N–H and O–H groups in total. The number of carbonyl (C=O) groups is 3. The molecule has 0 bridgehead atoms. The lowest BCUT2D eigenvalue weighted by atomic mass is 10.1. The van der Waals surface area contributed by atoms with Gasteiger partial charge >= 0.3 is 5.97 Å². The highest BCUT2D eigenvalue weighted by Crippen LogP contribution is 2.17. The Bertz CT molecular complexity index is 1280. The van der Waals surface area contributed by atoms with Crippen LogP contribution in [0, 0.1) is 0 Å². The molecule has 8 heteroatoms. The predicted octanol–water partition coefficient (Wildman–Crippen LogP) is 3.44. The number of carboxylic acid groups (broad SMARTS) is 1. The number of nitrogens with one attached hydrogen (secondary N) is 3. The van der Waals surface area contributed by atoms with E-state index in [1.807, 2.05) is 54.7 Å². The van der Waals surface area contributed by atoms with Gasteiger partial charge in [-0.05, 0) is 41.8 Å². The zero-order valence-electron chi connectivity index (χ0n) is 19.0. The van der Waals surface area contributed by atoms with Crippen LogP contribution in [0.5, 0.6) is 0 Å². The zero-order chi connectivity index (χ0) is 24.9. The number of nitrogens with zero attached hydrogens (tertiary/aromatic N) is 1. The minimum atomic E-state index is -1.06. The number of aliphatic carboxylic acids is 1. The second-order valence-electron chi connectivity index (χ2n) is 7.46. The van der Waals surface area contributed by atoms with Crippen molar-refractivity contribution < 1.29 is 19.5 Å². The van der Waals surface area contributed by atoms with Crippen LogP contribution in [0.15, 0.2) is 91.4 Å². The molecule has 0 saturated carbocycles. The number of hydrogen-bond acceptors (Lipinski definition) is 4. The van der Waals surface area contributed by atoms with Crippen molar-refractivity contribution in [1.29, 1.82) is 0 Å². The number of aromatic amines is 1. The number of H-pyrrole nitrogens is 1. The van der Waals surface area contributed by atoms with Crippen LogP contribution < -0.4 is 10.6 Å². The Labute approximate surface area is 202 Å². The van der Waals surface area contributed by atoms with E-state index in [9.17, 15) is 14.4 Å². The van der Waals surface area contributed by atoms with Gasteiger partial charge in [0, 0.05) is 42.1 Å². The number of para-hydroxylation sites is 1. The Kier molecular flexibility index (Phi) is 9.32. The smallest absolute Gasteiger partial charge is 0.322 e. The highest BCUT2D eigenvalue weighted by molar-refractivity contribution is 5.94. The Morgan fingerprint density at radius 1 is 0.943 bits per heavy atom. The van der Waals surface area contributed by atoms with Gasteiger partial charge in [0.05, 0.1) is 5.56 Å². The van der Waals surface area contributed by atoms with Gasteiger partial charge in [-0.3, -0.25) is 19.4 Å². The van der Waals surface area contributed by atoms with E-state index in [0.717, 1.165) is 17.5 Å². The van der Waals surface area contributed by atoms with E-state index in [-0.39, 0.29) is 12.5 Å². The third-order valence-corrected chi connectivity index (χ3v) is 4.92. The lowest BCUT2D eigenvalue weighted by Crippen LogP contribution is -2.27. The summed E-state index contributed by atoms with van der Waals surface area (Å²) in [5.41, 5.74) is 3.82. The Morgan fingerprint density at radius 2 is 1.71 bits per heavy atom. The number of fused-ring (bicyclic) bond motifs is 1. The highest BCUT2D eigenvalue weighted by atomic mass is 16.4. The number of aromatic nitrogens is 2. The summed E-state index contributed by atoms with van der Waals surface area (Å²) < 4.78 is 0. The summed E-state index contributed by atoms with van der Waals surface area (Å²) in [5.74, 6) is -1.56. The number of hydrogen-bond donors (Lipinski definition) is 4. The highest BCUT2D eigenvalue weighted by Gasteiger charge is 2.06. The first-order chi connectivity index (χ1) is 17.0. The van der Waals surface area contributed by atoms with E-state index in [1.165, 1.54) is 17.0 Å². The number of carboxylic acids is 1. The van der Waals surface area contributed by atoms with Gasteiger partial charge in [0.15, 0.2) is 0 Å². The van der Waals surface area contributed by atoms with Crippen LogP contribution in [0.3, 0.4) is 0 Å². The van der Waals surface area contributed by atoms with Crippen molar-refractivity contribution in [3.63, 3.8) is 0 Å². The van der Waals surface area contributed by atoms with E-state index in [0.29, 0.717) is 12.1 Å². The van der Waals surface area contributed by atoms with Crippen molar-refractivity contribution in [2.24, 2.45) is 0 Å². The summed E-state index contributed by atoms with van der Waals surface area (Å²) >= 11 is 0. The van der Waals surface area contributed by atoms with Gasteiger partial charge in [-0.15, -0.1) is 0 Å². The van der Waals surface area contributed by atoms with Crippen molar-refractivity contribution in [2.45, 2.75) is 6.42 Å². The third-order valence-electron chi connectivity index (χ3n) is 4.92.